The molecule has 0 bridgehead atoms. The van der Waals surface area contributed by atoms with Crippen molar-refractivity contribution >= 4 is 109 Å². The zero-order valence-electron chi connectivity index (χ0n) is 13.1. The Morgan fingerprint density at radius 3 is 0.952 bits per heavy atom. The average molecular weight is 447 g/mol. The predicted molar refractivity (Wildman–Crippen MR) is 132 cm³/mol. The van der Waals surface area contributed by atoms with Crippen LogP contribution in [0.2, 0.25) is 0 Å². The molecule has 21 heavy (non-hydrogen) atoms. The largest absolute Gasteiger partial charge is 0.363 e. The van der Waals surface area contributed by atoms with Crippen molar-refractivity contribution in [1.29, 1.82) is 0 Å². The summed E-state index contributed by atoms with van der Waals surface area (Å²) in [4.78, 5) is 3.79. The Bertz CT molecular complexity index is 217. The lowest BCUT2D eigenvalue weighted by molar-refractivity contribution is 0.647. The van der Waals surface area contributed by atoms with E-state index in [2.05, 4.69) is 0 Å². The second kappa shape index (κ2) is 21.9. The van der Waals surface area contributed by atoms with Gasteiger partial charge in [0.05, 0.1) is 0 Å². The van der Waals surface area contributed by atoms with Crippen LogP contribution in [0.15, 0.2) is 0 Å². The Morgan fingerprint density at radius 1 is 0.619 bits per heavy atom. The molecule has 2 nitrogen and oxygen atoms in total. The Balaban J connectivity index is -0.0000000819. The van der Waals surface area contributed by atoms with Crippen LogP contribution in [0.25, 0.3) is 0 Å². The van der Waals surface area contributed by atoms with Crippen LogP contribution in [-0.2, 0) is 0 Å². The highest BCUT2D eigenvalue weighted by atomic mass is 33.1. The third-order valence-electron chi connectivity index (χ3n) is 2.16. The van der Waals surface area contributed by atoms with E-state index in [4.69, 9.17) is 24.4 Å². The molecule has 0 spiro atoms. The van der Waals surface area contributed by atoms with E-state index in [1.54, 1.807) is 0 Å². The molecule has 0 amide bonds. The van der Waals surface area contributed by atoms with Gasteiger partial charge in [-0.15, -0.1) is 0 Å². The predicted octanol–water partition coefficient (Wildman–Crippen LogP) is 4.46. The highest BCUT2D eigenvalue weighted by Gasteiger charge is 2.04. The second-order valence-corrected chi connectivity index (χ2v) is 7.65. The molecule has 0 aromatic heterocycles. The average Bonchev–Trinajstić information content (AvgIpc) is 2.83. The quantitative estimate of drug-likeness (QED) is 0.397. The van der Waals surface area contributed by atoms with Gasteiger partial charge in [-0.2, -0.15) is 54.0 Å². The molecule has 0 aliphatic heterocycles. The van der Waals surface area contributed by atoms with Crippen LogP contribution < -0.4 is 0 Å². The Kier molecular flexibility index (Phi) is 35.7. The summed E-state index contributed by atoms with van der Waals surface area (Å²) in [6.07, 6.45) is 7.50. The summed E-state index contributed by atoms with van der Waals surface area (Å²) in [5.74, 6) is 0. The third-order valence-corrected chi connectivity index (χ3v) is 6.32. The SMILES string of the molecule is C1CCCC1.CN(C)C(=S)SSC(=S)N(C)C.S.S.S.S. The summed E-state index contributed by atoms with van der Waals surface area (Å²) >= 11 is 10.1. The van der Waals surface area contributed by atoms with Crippen molar-refractivity contribution in [3.05, 3.63) is 0 Å². The van der Waals surface area contributed by atoms with Crippen LogP contribution >= 0.6 is 100 Å². The summed E-state index contributed by atoms with van der Waals surface area (Å²) < 4.78 is 1.67. The highest BCUT2D eigenvalue weighted by Crippen LogP contribution is 2.26. The molecule has 1 aliphatic rings. The van der Waals surface area contributed by atoms with Gasteiger partial charge in [-0.25, -0.2) is 0 Å². The maximum atomic E-state index is 5.07. The molecule has 10 heteroatoms. The zero-order chi connectivity index (χ0) is 13.3. The number of nitrogens with zero attached hydrogens (tertiary/aromatic N) is 2. The fraction of sp³-hybridized carbons (Fsp3) is 0.818. The van der Waals surface area contributed by atoms with E-state index in [1.165, 1.54) is 53.7 Å². The summed E-state index contributed by atoms with van der Waals surface area (Å²) in [5, 5.41) is 0. The fourth-order valence-corrected chi connectivity index (χ4v) is 3.48. The Labute approximate surface area is 177 Å². The summed E-state index contributed by atoms with van der Waals surface area (Å²) in [6, 6.07) is 0. The normalized spacial score (nSPS) is 11.0. The minimum absolute atomic E-state index is 0. The van der Waals surface area contributed by atoms with Gasteiger partial charge < -0.3 is 9.80 Å². The molecule has 132 valence electrons. The minimum atomic E-state index is 0. The molecule has 1 fully saturated rings. The molecular formula is C11H30N2S8. The maximum absolute atomic E-state index is 5.07. The number of hydrogen-bond donors (Lipinski definition) is 0. The molecule has 1 rings (SSSR count). The van der Waals surface area contributed by atoms with Crippen molar-refractivity contribution in [2.75, 3.05) is 28.2 Å². The van der Waals surface area contributed by atoms with E-state index in [0.717, 1.165) is 8.64 Å². The van der Waals surface area contributed by atoms with E-state index in [9.17, 15) is 0 Å². The minimum Gasteiger partial charge on any atom is -0.363 e. The van der Waals surface area contributed by atoms with Crippen LogP contribution in [-0.4, -0.2) is 46.6 Å². The number of rotatable bonds is 0. The molecule has 0 aromatic carbocycles. The number of thiocarbonyl (C=S) groups is 2. The Morgan fingerprint density at radius 2 is 0.810 bits per heavy atom. The van der Waals surface area contributed by atoms with Crippen LogP contribution in [0, 0.1) is 0 Å². The van der Waals surface area contributed by atoms with Gasteiger partial charge in [-0.3, -0.25) is 0 Å². The van der Waals surface area contributed by atoms with Gasteiger partial charge in [-0.05, 0) is 21.6 Å². The standard InChI is InChI=1S/C6H12N2S4.C5H10.4H2S/c1-7(2)5(9)11-12-6(10)8(3)4;1-2-4-5-3-1;;;;/h1-4H3;1-5H2;4*1H2. The maximum Gasteiger partial charge on any atom is 0.146 e. The summed E-state index contributed by atoms with van der Waals surface area (Å²) in [7, 11) is 10.7. The van der Waals surface area contributed by atoms with Crippen molar-refractivity contribution in [3.63, 3.8) is 0 Å². The molecule has 0 N–H and O–H groups in total. The van der Waals surface area contributed by atoms with Gasteiger partial charge in [0.2, 0.25) is 0 Å². The smallest absolute Gasteiger partial charge is 0.146 e. The van der Waals surface area contributed by atoms with Gasteiger partial charge in [-0.1, -0.05) is 56.5 Å². The van der Waals surface area contributed by atoms with Gasteiger partial charge in [0, 0.05) is 28.2 Å². The number of hydrogen-bond acceptors (Lipinski definition) is 4. The monoisotopic (exact) mass is 446 g/mol. The second-order valence-electron chi connectivity index (χ2n) is 4.26. The van der Waals surface area contributed by atoms with E-state index in [-0.39, 0.29) is 54.0 Å². The van der Waals surface area contributed by atoms with Crippen LogP contribution in [0.5, 0.6) is 0 Å². The van der Waals surface area contributed by atoms with Crippen LogP contribution in [0.1, 0.15) is 32.1 Å². The Hall–Kier alpha value is 1.88. The van der Waals surface area contributed by atoms with Crippen molar-refractivity contribution in [2.45, 2.75) is 32.1 Å². The lowest BCUT2D eigenvalue weighted by Crippen LogP contribution is -2.18. The summed E-state index contributed by atoms with van der Waals surface area (Å²) in [5.41, 5.74) is 0. The zero-order valence-corrected chi connectivity index (χ0v) is 20.3. The van der Waals surface area contributed by atoms with Gasteiger partial charge in [0.25, 0.3) is 0 Å². The molecule has 0 atom stereocenters. The first kappa shape index (κ1) is 34.3. The molecule has 0 unspecified atom stereocenters. The lowest BCUT2D eigenvalue weighted by Gasteiger charge is -2.15. The van der Waals surface area contributed by atoms with E-state index in [1.807, 2.05) is 38.0 Å². The van der Waals surface area contributed by atoms with Gasteiger partial charge in [0.15, 0.2) is 0 Å². The van der Waals surface area contributed by atoms with E-state index in [0.29, 0.717) is 0 Å². The van der Waals surface area contributed by atoms with Crippen molar-refractivity contribution < 1.29 is 0 Å². The first-order chi connectivity index (χ1) is 7.95. The van der Waals surface area contributed by atoms with E-state index < -0.39 is 0 Å². The van der Waals surface area contributed by atoms with Gasteiger partial charge >= 0.3 is 0 Å². The van der Waals surface area contributed by atoms with E-state index >= 15 is 0 Å². The van der Waals surface area contributed by atoms with Crippen molar-refractivity contribution in [3.8, 4) is 0 Å². The molecule has 1 aliphatic carbocycles. The molecule has 0 saturated heterocycles. The van der Waals surface area contributed by atoms with Crippen LogP contribution in [0.4, 0.5) is 0 Å². The summed E-state index contributed by atoms with van der Waals surface area (Å²) in [6.45, 7) is 0. The van der Waals surface area contributed by atoms with Crippen molar-refractivity contribution in [2.24, 2.45) is 0 Å². The van der Waals surface area contributed by atoms with Crippen LogP contribution in [0.3, 0.4) is 0 Å². The first-order valence-electron chi connectivity index (χ1n) is 5.72. The third kappa shape index (κ3) is 21.9. The lowest BCUT2D eigenvalue weighted by atomic mass is 10.4. The molecule has 0 aromatic rings. The molecule has 0 radical (unpaired) electrons. The molecule has 1 saturated carbocycles. The molecular weight excluding hydrogens is 417 g/mol. The fourth-order valence-electron chi connectivity index (χ4n) is 1.10. The van der Waals surface area contributed by atoms with Crippen molar-refractivity contribution in [1.82, 2.24) is 9.80 Å². The topological polar surface area (TPSA) is 6.48 Å². The highest BCUT2D eigenvalue weighted by molar-refractivity contribution is 8.89. The van der Waals surface area contributed by atoms with Gasteiger partial charge in [0.1, 0.15) is 8.64 Å². The first-order valence-corrected chi connectivity index (χ1v) is 8.69. The molecule has 0 heterocycles.